The molecule has 3 heterocycles. The Morgan fingerprint density at radius 3 is 2.15 bits per heavy atom. The van der Waals surface area contributed by atoms with Crippen molar-refractivity contribution in [2.24, 2.45) is 0 Å². The Kier molecular flexibility index (Phi) is 10.0. The molecule has 1 aliphatic heterocycles. The summed E-state index contributed by atoms with van der Waals surface area (Å²) in [5, 5.41) is 10.7. The zero-order chi connectivity index (χ0) is 23.3. The number of hydrogen-bond donors (Lipinski definition) is 3. The molecule has 34 heavy (non-hydrogen) atoms. The first-order chi connectivity index (χ1) is 16.8. The van der Waals surface area contributed by atoms with Crippen LogP contribution in [0.25, 0.3) is 0 Å². The molecule has 3 aromatic rings. The van der Waals surface area contributed by atoms with Gasteiger partial charge < -0.3 is 16.0 Å². The van der Waals surface area contributed by atoms with Crippen molar-refractivity contribution in [3.05, 3.63) is 95.1 Å². The van der Waals surface area contributed by atoms with Crippen LogP contribution < -0.4 is 16.0 Å². The fraction of sp³-hybridized carbons (Fsp3) is 0.429. The lowest BCUT2D eigenvalue weighted by Gasteiger charge is -2.23. The van der Waals surface area contributed by atoms with Crippen LogP contribution in [0.3, 0.4) is 0 Å². The monoisotopic (exact) mass is 458 g/mol. The van der Waals surface area contributed by atoms with Crippen molar-refractivity contribution < 1.29 is 0 Å². The van der Waals surface area contributed by atoms with Crippen LogP contribution >= 0.6 is 0 Å². The summed E-state index contributed by atoms with van der Waals surface area (Å²) in [6.45, 7) is 8.86. The molecule has 2 bridgehead atoms. The molecule has 1 aliphatic rings. The van der Waals surface area contributed by atoms with Gasteiger partial charge in [-0.3, -0.25) is 14.9 Å². The van der Waals surface area contributed by atoms with Crippen LogP contribution in [0.2, 0.25) is 0 Å². The van der Waals surface area contributed by atoms with E-state index in [4.69, 9.17) is 4.98 Å². The Morgan fingerprint density at radius 1 is 0.765 bits per heavy atom. The highest BCUT2D eigenvalue weighted by molar-refractivity contribution is 5.22. The molecule has 6 heteroatoms. The average Bonchev–Trinajstić information content (AvgIpc) is 2.87. The van der Waals surface area contributed by atoms with Gasteiger partial charge in [-0.25, -0.2) is 0 Å². The third-order valence-corrected chi connectivity index (χ3v) is 6.23. The molecule has 0 radical (unpaired) electrons. The zero-order valence-electron chi connectivity index (χ0n) is 20.2. The van der Waals surface area contributed by atoms with E-state index in [0.29, 0.717) is 0 Å². The normalized spacial score (nSPS) is 16.1. The van der Waals surface area contributed by atoms with Crippen LogP contribution in [0.5, 0.6) is 0 Å². The van der Waals surface area contributed by atoms with Gasteiger partial charge in [0.05, 0.1) is 0 Å². The first-order valence-electron chi connectivity index (χ1n) is 12.6. The molecule has 180 valence electrons. The van der Waals surface area contributed by atoms with E-state index in [-0.39, 0.29) is 0 Å². The van der Waals surface area contributed by atoms with Gasteiger partial charge in [0.2, 0.25) is 0 Å². The largest absolute Gasteiger partial charge is 0.315 e. The second kappa shape index (κ2) is 13.9. The number of hydrogen-bond acceptors (Lipinski definition) is 6. The number of nitrogens with zero attached hydrogens (tertiary/aromatic N) is 3. The quantitative estimate of drug-likeness (QED) is 0.473. The second-order valence-corrected chi connectivity index (χ2v) is 8.96. The van der Waals surface area contributed by atoms with Gasteiger partial charge >= 0.3 is 0 Å². The molecule has 0 aliphatic carbocycles. The third-order valence-electron chi connectivity index (χ3n) is 6.23. The minimum atomic E-state index is 0.890. The molecule has 0 saturated heterocycles. The van der Waals surface area contributed by atoms with E-state index in [2.05, 4.69) is 74.4 Å². The Morgan fingerprint density at radius 2 is 1.47 bits per heavy atom. The first kappa shape index (κ1) is 24.5. The molecule has 0 saturated carbocycles. The van der Waals surface area contributed by atoms with Crippen molar-refractivity contribution in [1.82, 2.24) is 30.8 Å². The lowest BCUT2D eigenvalue weighted by atomic mass is 10.1. The third kappa shape index (κ3) is 8.61. The maximum atomic E-state index is 4.78. The van der Waals surface area contributed by atoms with Crippen molar-refractivity contribution in [1.29, 1.82) is 0 Å². The van der Waals surface area contributed by atoms with Crippen LogP contribution in [-0.2, 0) is 32.4 Å². The fourth-order valence-electron chi connectivity index (χ4n) is 4.25. The standard InChI is InChI=1S/C28H38N6/c1-2-14-32-26(4-1)11-17-31-22-24-7-9-25(10-8-24)23-34-20-18-29-15-12-27-5-3-6-28(33-27)13-16-30-19-21-34/h1-10,14,29-31H,11-13,15-23H2. The molecule has 4 rings (SSSR count). The summed E-state index contributed by atoms with van der Waals surface area (Å²) >= 11 is 0. The van der Waals surface area contributed by atoms with Gasteiger partial charge in [-0.1, -0.05) is 36.4 Å². The van der Waals surface area contributed by atoms with Crippen LogP contribution in [0.4, 0.5) is 0 Å². The van der Waals surface area contributed by atoms with Gasteiger partial charge in [0.25, 0.3) is 0 Å². The van der Waals surface area contributed by atoms with Crippen molar-refractivity contribution in [3.8, 4) is 0 Å². The summed E-state index contributed by atoms with van der Waals surface area (Å²) in [4.78, 5) is 11.7. The fourth-order valence-corrected chi connectivity index (χ4v) is 4.25. The predicted molar refractivity (Wildman–Crippen MR) is 139 cm³/mol. The van der Waals surface area contributed by atoms with E-state index < -0.39 is 0 Å². The summed E-state index contributed by atoms with van der Waals surface area (Å²) in [5.41, 5.74) is 6.20. The van der Waals surface area contributed by atoms with E-state index >= 15 is 0 Å². The smallest absolute Gasteiger partial charge is 0.0419 e. The van der Waals surface area contributed by atoms with Crippen molar-refractivity contribution in [2.45, 2.75) is 32.4 Å². The highest BCUT2D eigenvalue weighted by Crippen LogP contribution is 2.08. The van der Waals surface area contributed by atoms with Gasteiger partial charge in [0, 0.05) is 101 Å². The minimum absolute atomic E-state index is 0.890. The topological polar surface area (TPSA) is 65.1 Å². The molecule has 0 amide bonds. The number of fused-ring (bicyclic) bond motifs is 2. The van der Waals surface area contributed by atoms with Crippen LogP contribution in [-0.4, -0.2) is 60.7 Å². The number of benzene rings is 1. The zero-order valence-corrected chi connectivity index (χ0v) is 20.2. The Balaban J connectivity index is 1.21. The molecule has 1 aromatic carbocycles. The summed E-state index contributed by atoms with van der Waals surface area (Å²) < 4.78 is 0. The molecule has 0 unspecified atom stereocenters. The number of pyridine rings is 2. The number of nitrogens with one attached hydrogen (secondary N) is 3. The van der Waals surface area contributed by atoms with Gasteiger partial charge in [-0.2, -0.15) is 0 Å². The summed E-state index contributed by atoms with van der Waals surface area (Å²) in [7, 11) is 0. The highest BCUT2D eigenvalue weighted by atomic mass is 15.1. The van der Waals surface area contributed by atoms with E-state index in [1.165, 1.54) is 22.5 Å². The first-order valence-corrected chi connectivity index (χ1v) is 12.6. The van der Waals surface area contributed by atoms with Crippen LogP contribution in [0.15, 0.2) is 66.9 Å². The molecular formula is C28H38N6. The van der Waals surface area contributed by atoms with E-state index in [9.17, 15) is 0 Å². The molecule has 3 N–H and O–H groups in total. The summed E-state index contributed by atoms with van der Waals surface area (Å²) in [6.07, 6.45) is 4.78. The molecule has 0 atom stereocenters. The van der Waals surface area contributed by atoms with E-state index in [0.717, 1.165) is 83.9 Å². The Labute approximate surface area is 204 Å². The highest BCUT2D eigenvalue weighted by Gasteiger charge is 2.08. The molecule has 0 fully saturated rings. The van der Waals surface area contributed by atoms with Gasteiger partial charge in [-0.15, -0.1) is 0 Å². The van der Waals surface area contributed by atoms with Gasteiger partial charge in [0.1, 0.15) is 0 Å². The molecular weight excluding hydrogens is 420 g/mol. The van der Waals surface area contributed by atoms with E-state index in [1.54, 1.807) is 0 Å². The summed E-state index contributed by atoms with van der Waals surface area (Å²) in [6, 6.07) is 21.6. The SMILES string of the molecule is c1ccc(CCNCc2ccc(CN3CCNCCc4cccc(n4)CCNCC3)cc2)nc1. The van der Waals surface area contributed by atoms with Crippen molar-refractivity contribution in [3.63, 3.8) is 0 Å². The maximum Gasteiger partial charge on any atom is 0.0419 e. The van der Waals surface area contributed by atoms with Gasteiger partial charge in [-0.05, 0) is 35.4 Å². The van der Waals surface area contributed by atoms with Crippen molar-refractivity contribution in [2.75, 3.05) is 45.8 Å². The average molecular weight is 459 g/mol. The van der Waals surface area contributed by atoms with E-state index in [1.807, 2.05) is 18.3 Å². The lowest BCUT2D eigenvalue weighted by Crippen LogP contribution is -2.37. The molecule has 2 aromatic heterocycles. The lowest BCUT2D eigenvalue weighted by molar-refractivity contribution is 0.265. The molecule has 6 nitrogen and oxygen atoms in total. The summed E-state index contributed by atoms with van der Waals surface area (Å²) in [5.74, 6) is 0. The number of rotatable bonds is 7. The number of aromatic nitrogens is 2. The molecule has 0 spiro atoms. The van der Waals surface area contributed by atoms with Crippen LogP contribution in [0, 0.1) is 0 Å². The van der Waals surface area contributed by atoms with Gasteiger partial charge in [0.15, 0.2) is 0 Å². The second-order valence-electron chi connectivity index (χ2n) is 8.96. The Hall–Kier alpha value is -2.64. The minimum Gasteiger partial charge on any atom is -0.315 e. The maximum absolute atomic E-state index is 4.78. The van der Waals surface area contributed by atoms with Crippen LogP contribution in [0.1, 0.15) is 28.2 Å². The Bertz CT molecular complexity index is 931. The van der Waals surface area contributed by atoms with Crippen molar-refractivity contribution >= 4 is 0 Å². The predicted octanol–water partition coefficient (Wildman–Crippen LogP) is 2.59.